The standard InChI is InChI=1S/C16H25NO4/c1-12(2)14(19)7-5-3-4-6-13(18)10-11-17-15(20)8-9-16(17)21/h13,18H,1,3-11H2,2H3. The Morgan fingerprint density at radius 3 is 2.38 bits per heavy atom. The molecule has 0 radical (unpaired) electrons. The summed E-state index contributed by atoms with van der Waals surface area (Å²) in [5.41, 5.74) is 0.593. The molecule has 0 bridgehead atoms. The molecular weight excluding hydrogens is 270 g/mol. The van der Waals surface area contributed by atoms with Crippen LogP contribution in [0.1, 0.15) is 58.3 Å². The van der Waals surface area contributed by atoms with E-state index in [4.69, 9.17) is 0 Å². The molecule has 5 nitrogen and oxygen atoms in total. The van der Waals surface area contributed by atoms with Crippen LogP contribution < -0.4 is 0 Å². The number of Topliss-reactive ketones (excluding diaryl/α,β-unsaturated/α-hetero) is 1. The normalized spacial score (nSPS) is 16.4. The summed E-state index contributed by atoms with van der Waals surface area (Å²) >= 11 is 0. The lowest BCUT2D eigenvalue weighted by molar-refractivity contribution is -0.138. The Balaban J connectivity index is 2.07. The topological polar surface area (TPSA) is 74.7 Å². The maximum absolute atomic E-state index is 11.4. The van der Waals surface area contributed by atoms with E-state index in [9.17, 15) is 19.5 Å². The molecule has 1 aliphatic heterocycles. The van der Waals surface area contributed by atoms with Gasteiger partial charge in [0.25, 0.3) is 0 Å². The lowest BCUT2D eigenvalue weighted by Crippen LogP contribution is -2.32. The quantitative estimate of drug-likeness (QED) is 0.380. The summed E-state index contributed by atoms with van der Waals surface area (Å²) in [4.78, 5) is 35.4. The van der Waals surface area contributed by atoms with Crippen molar-refractivity contribution in [1.82, 2.24) is 4.90 Å². The maximum Gasteiger partial charge on any atom is 0.229 e. The van der Waals surface area contributed by atoms with Crippen molar-refractivity contribution in [3.63, 3.8) is 0 Å². The third-order valence-electron chi connectivity index (χ3n) is 3.76. The summed E-state index contributed by atoms with van der Waals surface area (Å²) in [7, 11) is 0. The van der Waals surface area contributed by atoms with Gasteiger partial charge in [0.1, 0.15) is 0 Å². The van der Waals surface area contributed by atoms with Gasteiger partial charge in [0.05, 0.1) is 6.10 Å². The van der Waals surface area contributed by atoms with E-state index < -0.39 is 6.10 Å². The minimum Gasteiger partial charge on any atom is -0.393 e. The van der Waals surface area contributed by atoms with Crippen LogP contribution in [0.15, 0.2) is 12.2 Å². The van der Waals surface area contributed by atoms with Gasteiger partial charge in [-0.25, -0.2) is 0 Å². The van der Waals surface area contributed by atoms with E-state index in [2.05, 4.69) is 6.58 Å². The van der Waals surface area contributed by atoms with Gasteiger partial charge in [-0.2, -0.15) is 0 Å². The van der Waals surface area contributed by atoms with E-state index in [0.717, 1.165) is 19.3 Å². The molecule has 1 N–H and O–H groups in total. The number of imide groups is 1. The van der Waals surface area contributed by atoms with Crippen molar-refractivity contribution in [2.24, 2.45) is 0 Å². The number of aliphatic hydroxyl groups excluding tert-OH is 1. The van der Waals surface area contributed by atoms with Crippen molar-refractivity contribution in [3.05, 3.63) is 12.2 Å². The van der Waals surface area contributed by atoms with Crippen LogP contribution in [0.3, 0.4) is 0 Å². The number of hydrogen-bond acceptors (Lipinski definition) is 4. The summed E-state index contributed by atoms with van der Waals surface area (Å²) in [5, 5.41) is 9.85. The lowest BCUT2D eigenvalue weighted by atomic mass is 10.0. The zero-order valence-corrected chi connectivity index (χ0v) is 12.8. The second-order valence-corrected chi connectivity index (χ2v) is 5.68. The highest BCUT2D eigenvalue weighted by molar-refractivity contribution is 6.01. The molecule has 1 saturated heterocycles. The number of unbranched alkanes of at least 4 members (excludes halogenated alkanes) is 2. The van der Waals surface area contributed by atoms with E-state index in [-0.39, 0.29) is 17.6 Å². The van der Waals surface area contributed by atoms with Gasteiger partial charge in [-0.05, 0) is 31.8 Å². The van der Waals surface area contributed by atoms with Gasteiger partial charge in [0, 0.05) is 25.8 Å². The minimum absolute atomic E-state index is 0.0987. The average molecular weight is 295 g/mol. The Labute approximate surface area is 126 Å². The molecular formula is C16H25NO4. The Hall–Kier alpha value is -1.49. The number of nitrogens with zero attached hydrogens (tertiary/aromatic N) is 1. The number of hydrogen-bond donors (Lipinski definition) is 1. The molecule has 0 saturated carbocycles. The summed E-state index contributed by atoms with van der Waals surface area (Å²) < 4.78 is 0. The highest BCUT2D eigenvalue weighted by Gasteiger charge is 2.28. The number of allylic oxidation sites excluding steroid dienone is 1. The van der Waals surface area contributed by atoms with Gasteiger partial charge < -0.3 is 5.11 Å². The molecule has 2 amide bonds. The van der Waals surface area contributed by atoms with Crippen molar-refractivity contribution in [3.8, 4) is 0 Å². The Morgan fingerprint density at radius 1 is 1.19 bits per heavy atom. The molecule has 1 unspecified atom stereocenters. The van der Waals surface area contributed by atoms with E-state index in [0.29, 0.717) is 44.2 Å². The van der Waals surface area contributed by atoms with Crippen molar-refractivity contribution in [2.75, 3.05) is 6.54 Å². The van der Waals surface area contributed by atoms with E-state index in [1.165, 1.54) is 4.90 Å². The number of carbonyl (C=O) groups is 3. The van der Waals surface area contributed by atoms with Crippen LogP contribution in [-0.4, -0.2) is 40.3 Å². The van der Waals surface area contributed by atoms with E-state index in [1.807, 2.05) is 0 Å². The average Bonchev–Trinajstić information content (AvgIpc) is 2.75. The van der Waals surface area contributed by atoms with Crippen LogP contribution in [0.25, 0.3) is 0 Å². The Morgan fingerprint density at radius 2 is 1.81 bits per heavy atom. The molecule has 0 spiro atoms. The predicted octanol–water partition coefficient (Wildman–Crippen LogP) is 1.98. The molecule has 0 aromatic heterocycles. The third-order valence-corrected chi connectivity index (χ3v) is 3.76. The van der Waals surface area contributed by atoms with Crippen molar-refractivity contribution in [2.45, 2.75) is 64.4 Å². The van der Waals surface area contributed by atoms with Gasteiger partial charge in [0.2, 0.25) is 11.8 Å². The first-order valence-corrected chi connectivity index (χ1v) is 7.61. The van der Waals surface area contributed by atoms with E-state index >= 15 is 0 Å². The molecule has 21 heavy (non-hydrogen) atoms. The fourth-order valence-corrected chi connectivity index (χ4v) is 2.35. The minimum atomic E-state index is -0.497. The molecule has 0 aromatic carbocycles. The first-order valence-electron chi connectivity index (χ1n) is 7.61. The molecule has 1 atom stereocenters. The predicted molar refractivity (Wildman–Crippen MR) is 79.5 cm³/mol. The fourth-order valence-electron chi connectivity index (χ4n) is 2.35. The summed E-state index contributed by atoms with van der Waals surface area (Å²) in [5.74, 6) is -0.169. The number of aliphatic hydroxyl groups is 1. The fraction of sp³-hybridized carbons (Fsp3) is 0.688. The smallest absolute Gasteiger partial charge is 0.229 e. The highest BCUT2D eigenvalue weighted by Crippen LogP contribution is 2.14. The number of amides is 2. The van der Waals surface area contributed by atoms with Crippen LogP contribution in [0.2, 0.25) is 0 Å². The van der Waals surface area contributed by atoms with Crippen molar-refractivity contribution in [1.29, 1.82) is 0 Å². The van der Waals surface area contributed by atoms with Gasteiger partial charge in [-0.3, -0.25) is 19.3 Å². The molecule has 1 rings (SSSR count). The van der Waals surface area contributed by atoms with E-state index in [1.54, 1.807) is 6.92 Å². The van der Waals surface area contributed by atoms with Crippen LogP contribution in [0.5, 0.6) is 0 Å². The third kappa shape index (κ3) is 6.21. The van der Waals surface area contributed by atoms with Crippen molar-refractivity contribution >= 4 is 17.6 Å². The Bertz CT molecular complexity index is 401. The van der Waals surface area contributed by atoms with Gasteiger partial charge in [0.15, 0.2) is 5.78 Å². The molecule has 5 heteroatoms. The largest absolute Gasteiger partial charge is 0.393 e. The molecule has 1 fully saturated rings. The zero-order valence-electron chi connectivity index (χ0n) is 12.8. The van der Waals surface area contributed by atoms with Gasteiger partial charge >= 0.3 is 0 Å². The second kappa shape index (κ2) is 8.72. The number of carbonyl (C=O) groups excluding carboxylic acids is 3. The molecule has 1 heterocycles. The van der Waals surface area contributed by atoms with Gasteiger partial charge in [-0.1, -0.05) is 19.4 Å². The summed E-state index contributed by atoms with van der Waals surface area (Å²) in [6.45, 7) is 5.64. The van der Waals surface area contributed by atoms with Crippen LogP contribution >= 0.6 is 0 Å². The summed E-state index contributed by atoms with van der Waals surface area (Å²) in [6.07, 6.45) is 4.22. The number of rotatable bonds is 10. The first-order chi connectivity index (χ1) is 9.91. The maximum atomic E-state index is 11.4. The van der Waals surface area contributed by atoms with Crippen molar-refractivity contribution < 1.29 is 19.5 Å². The number of ketones is 1. The second-order valence-electron chi connectivity index (χ2n) is 5.68. The first kappa shape index (κ1) is 17.6. The highest BCUT2D eigenvalue weighted by atomic mass is 16.3. The van der Waals surface area contributed by atoms with Gasteiger partial charge in [-0.15, -0.1) is 0 Å². The monoisotopic (exact) mass is 295 g/mol. The molecule has 0 aromatic rings. The summed E-state index contributed by atoms with van der Waals surface area (Å²) in [6, 6.07) is 0. The molecule has 118 valence electrons. The zero-order chi connectivity index (χ0) is 15.8. The molecule has 0 aliphatic carbocycles. The molecule has 1 aliphatic rings. The van der Waals surface area contributed by atoms with Crippen LogP contribution in [0, 0.1) is 0 Å². The number of likely N-dealkylation sites (tertiary alicyclic amines) is 1. The van der Waals surface area contributed by atoms with Crippen LogP contribution in [-0.2, 0) is 14.4 Å². The van der Waals surface area contributed by atoms with Crippen LogP contribution in [0.4, 0.5) is 0 Å². The Kier molecular flexibility index (Phi) is 7.29. The SMILES string of the molecule is C=C(C)C(=O)CCCCCC(O)CCN1C(=O)CCC1=O. The lowest BCUT2D eigenvalue weighted by Gasteiger charge is -2.16.